The Morgan fingerprint density at radius 3 is 2.69 bits per heavy atom. The molecule has 0 saturated heterocycles. The minimum Gasteiger partial charge on any atom is -0.460 e. The summed E-state index contributed by atoms with van der Waals surface area (Å²) in [6, 6.07) is -0.860. The predicted molar refractivity (Wildman–Crippen MR) is 57.2 cm³/mol. The number of rotatable bonds is 9. The van der Waals surface area contributed by atoms with Gasteiger partial charge in [0.2, 0.25) is 6.41 Å². The van der Waals surface area contributed by atoms with Crippen molar-refractivity contribution in [3.8, 4) is 0 Å². The lowest BCUT2D eigenvalue weighted by molar-refractivity contribution is -0.146. The standard InChI is InChI=1S/C10H14N2O4/c1-2-5-16-10(15)9(12-7-13)4-3-8(14)6-11/h2,6-7,9,11H,1,3-5H2,(H,12,13). The van der Waals surface area contributed by atoms with Gasteiger partial charge in [0.1, 0.15) is 12.6 Å². The fourth-order valence-corrected chi connectivity index (χ4v) is 0.952. The van der Waals surface area contributed by atoms with E-state index in [0.29, 0.717) is 12.6 Å². The van der Waals surface area contributed by atoms with Gasteiger partial charge in [-0.1, -0.05) is 12.7 Å². The molecule has 0 aromatic heterocycles. The molecule has 0 aromatic rings. The van der Waals surface area contributed by atoms with Crippen molar-refractivity contribution in [2.75, 3.05) is 6.61 Å². The molecule has 0 radical (unpaired) electrons. The Bertz CT molecular complexity index is 289. The van der Waals surface area contributed by atoms with Gasteiger partial charge in [0.05, 0.1) is 6.21 Å². The van der Waals surface area contributed by atoms with Gasteiger partial charge in [-0.3, -0.25) is 9.59 Å². The highest BCUT2D eigenvalue weighted by molar-refractivity contribution is 6.26. The quantitative estimate of drug-likeness (QED) is 0.247. The molecule has 0 aromatic carbocycles. The first kappa shape index (κ1) is 14.0. The first-order chi connectivity index (χ1) is 7.65. The van der Waals surface area contributed by atoms with E-state index in [1.54, 1.807) is 0 Å². The molecule has 6 nitrogen and oxygen atoms in total. The molecule has 0 aliphatic carbocycles. The lowest BCUT2D eigenvalue weighted by atomic mass is 10.1. The third kappa shape index (κ3) is 5.69. The van der Waals surface area contributed by atoms with Crippen molar-refractivity contribution in [2.24, 2.45) is 0 Å². The van der Waals surface area contributed by atoms with Crippen LogP contribution >= 0.6 is 0 Å². The Kier molecular flexibility index (Phi) is 7.31. The van der Waals surface area contributed by atoms with Crippen LogP contribution in [0.4, 0.5) is 0 Å². The minimum absolute atomic E-state index is 0.0121. The Hall–Kier alpha value is -1.98. The van der Waals surface area contributed by atoms with Crippen LogP contribution in [0.1, 0.15) is 12.8 Å². The summed E-state index contributed by atoms with van der Waals surface area (Å²) in [5.41, 5.74) is 0. The van der Waals surface area contributed by atoms with E-state index in [1.165, 1.54) is 6.08 Å². The minimum atomic E-state index is -0.860. The molecule has 1 unspecified atom stereocenters. The summed E-state index contributed by atoms with van der Waals surface area (Å²) in [4.78, 5) is 32.4. The molecule has 0 bridgehead atoms. The van der Waals surface area contributed by atoms with Gasteiger partial charge in [0.25, 0.3) is 0 Å². The molecule has 1 amide bonds. The smallest absolute Gasteiger partial charge is 0.328 e. The maximum absolute atomic E-state index is 11.3. The number of carbonyl (C=O) groups excluding carboxylic acids is 3. The fourth-order valence-electron chi connectivity index (χ4n) is 0.952. The van der Waals surface area contributed by atoms with Gasteiger partial charge in [0, 0.05) is 6.42 Å². The normalized spacial score (nSPS) is 11.0. The molecule has 0 rings (SSSR count). The lowest BCUT2D eigenvalue weighted by Gasteiger charge is -2.13. The van der Waals surface area contributed by atoms with Crippen LogP contribution < -0.4 is 5.32 Å². The van der Waals surface area contributed by atoms with E-state index in [1.807, 2.05) is 0 Å². The maximum atomic E-state index is 11.3. The van der Waals surface area contributed by atoms with E-state index in [9.17, 15) is 14.4 Å². The molecule has 88 valence electrons. The highest BCUT2D eigenvalue weighted by Crippen LogP contribution is 2.00. The lowest BCUT2D eigenvalue weighted by Crippen LogP contribution is -2.37. The predicted octanol–water partition coefficient (Wildman–Crippen LogP) is -0.171. The summed E-state index contributed by atoms with van der Waals surface area (Å²) in [5, 5.41) is 8.93. The summed E-state index contributed by atoms with van der Waals surface area (Å²) in [5.74, 6) is -1.03. The Morgan fingerprint density at radius 1 is 1.50 bits per heavy atom. The molecule has 0 fully saturated rings. The molecule has 6 heteroatoms. The highest BCUT2D eigenvalue weighted by atomic mass is 16.5. The average Bonchev–Trinajstić information content (AvgIpc) is 2.30. The number of nitrogens with one attached hydrogen (secondary N) is 2. The number of esters is 1. The molecule has 0 aliphatic rings. The zero-order valence-corrected chi connectivity index (χ0v) is 8.77. The summed E-state index contributed by atoms with van der Waals surface area (Å²) in [6.07, 6.45) is 2.57. The summed E-state index contributed by atoms with van der Waals surface area (Å²) >= 11 is 0. The van der Waals surface area contributed by atoms with Crippen molar-refractivity contribution in [1.29, 1.82) is 5.41 Å². The second-order valence-electron chi connectivity index (χ2n) is 2.91. The van der Waals surface area contributed by atoms with Crippen LogP contribution in [-0.2, 0) is 19.1 Å². The zero-order valence-electron chi connectivity index (χ0n) is 8.77. The first-order valence-corrected chi connectivity index (χ1v) is 4.66. The molecule has 1 atom stereocenters. The van der Waals surface area contributed by atoms with Crippen molar-refractivity contribution < 1.29 is 19.1 Å². The van der Waals surface area contributed by atoms with Gasteiger partial charge in [0.15, 0.2) is 5.78 Å². The summed E-state index contributed by atoms with van der Waals surface area (Å²) in [7, 11) is 0. The van der Waals surface area contributed by atoms with E-state index >= 15 is 0 Å². The van der Waals surface area contributed by atoms with E-state index in [0.717, 1.165) is 0 Å². The van der Waals surface area contributed by atoms with Gasteiger partial charge in [-0.15, -0.1) is 0 Å². The van der Waals surface area contributed by atoms with Gasteiger partial charge in [-0.25, -0.2) is 4.79 Å². The number of ether oxygens (including phenoxy) is 1. The third-order valence-corrected chi connectivity index (χ3v) is 1.74. The van der Waals surface area contributed by atoms with Gasteiger partial charge in [-0.05, 0) is 6.42 Å². The number of ketones is 1. The number of hydrogen-bond acceptors (Lipinski definition) is 5. The second kappa shape index (κ2) is 8.34. The SMILES string of the molecule is C=CCOC(=O)C(CCC(=O)C=N)NC=O. The third-order valence-electron chi connectivity index (χ3n) is 1.74. The van der Waals surface area contributed by atoms with Crippen molar-refractivity contribution in [3.05, 3.63) is 12.7 Å². The van der Waals surface area contributed by atoms with Gasteiger partial charge < -0.3 is 15.5 Å². The van der Waals surface area contributed by atoms with E-state index < -0.39 is 17.8 Å². The van der Waals surface area contributed by atoms with Crippen LogP contribution in [0.3, 0.4) is 0 Å². The van der Waals surface area contributed by atoms with E-state index in [-0.39, 0.29) is 19.4 Å². The van der Waals surface area contributed by atoms with Crippen molar-refractivity contribution in [3.63, 3.8) is 0 Å². The molecule has 0 heterocycles. The average molecular weight is 226 g/mol. The molecular weight excluding hydrogens is 212 g/mol. The van der Waals surface area contributed by atoms with Crippen LogP contribution in [0.15, 0.2) is 12.7 Å². The fraction of sp³-hybridized carbons (Fsp3) is 0.400. The summed E-state index contributed by atoms with van der Waals surface area (Å²) < 4.78 is 4.73. The largest absolute Gasteiger partial charge is 0.460 e. The highest BCUT2D eigenvalue weighted by Gasteiger charge is 2.19. The molecule has 2 N–H and O–H groups in total. The summed E-state index contributed by atoms with van der Waals surface area (Å²) in [6.45, 7) is 3.42. The van der Waals surface area contributed by atoms with Gasteiger partial charge in [-0.2, -0.15) is 0 Å². The van der Waals surface area contributed by atoms with Crippen molar-refractivity contribution in [2.45, 2.75) is 18.9 Å². The maximum Gasteiger partial charge on any atom is 0.328 e. The Morgan fingerprint density at radius 2 is 2.19 bits per heavy atom. The zero-order chi connectivity index (χ0) is 12.4. The number of hydrogen-bond donors (Lipinski definition) is 2. The Labute approximate surface area is 93.2 Å². The molecule has 0 spiro atoms. The second-order valence-corrected chi connectivity index (χ2v) is 2.91. The van der Waals surface area contributed by atoms with Crippen molar-refractivity contribution >= 4 is 24.4 Å². The number of amides is 1. The molecule has 0 saturated carbocycles. The van der Waals surface area contributed by atoms with Crippen LogP contribution in [0.5, 0.6) is 0 Å². The topological polar surface area (TPSA) is 96.3 Å². The number of Topliss-reactive ketones (excluding diaryl/α,β-unsaturated/α-hetero) is 1. The number of carbonyl (C=O) groups is 3. The molecule has 0 aliphatic heterocycles. The van der Waals surface area contributed by atoms with Crippen LogP contribution in [-0.4, -0.2) is 37.0 Å². The molecule has 16 heavy (non-hydrogen) atoms. The monoisotopic (exact) mass is 226 g/mol. The van der Waals surface area contributed by atoms with Crippen LogP contribution in [0.25, 0.3) is 0 Å². The van der Waals surface area contributed by atoms with Crippen molar-refractivity contribution in [1.82, 2.24) is 5.32 Å². The van der Waals surface area contributed by atoms with E-state index in [4.69, 9.17) is 10.1 Å². The van der Waals surface area contributed by atoms with Crippen LogP contribution in [0.2, 0.25) is 0 Å². The first-order valence-electron chi connectivity index (χ1n) is 4.66. The van der Waals surface area contributed by atoms with Crippen LogP contribution in [0, 0.1) is 5.41 Å². The van der Waals surface area contributed by atoms with E-state index in [2.05, 4.69) is 11.9 Å². The van der Waals surface area contributed by atoms with Gasteiger partial charge >= 0.3 is 5.97 Å². The Balaban J connectivity index is 4.18. The molecular formula is C10H14N2O4.